The lowest BCUT2D eigenvalue weighted by Crippen LogP contribution is -3.00. The number of nitrogens with two attached hydrogens (primary N) is 1. The van der Waals surface area contributed by atoms with Crippen LogP contribution in [-0.4, -0.2) is 23.6 Å². The molecule has 0 aromatic carbocycles. The van der Waals surface area contributed by atoms with Crippen molar-refractivity contribution in [3.05, 3.63) is 0 Å². The smallest absolute Gasteiger partial charge is 0.106 e. The van der Waals surface area contributed by atoms with E-state index in [0.29, 0.717) is 5.54 Å². The zero-order valence-corrected chi connectivity index (χ0v) is 15.7. The Bertz CT molecular complexity index is 116. The summed E-state index contributed by atoms with van der Waals surface area (Å²) >= 11 is 1.66. The summed E-state index contributed by atoms with van der Waals surface area (Å²) < 4.78 is 0. The van der Waals surface area contributed by atoms with Gasteiger partial charge in [0.1, 0.15) is 11.5 Å². The molecule has 0 saturated carbocycles. The highest BCUT2D eigenvalue weighted by molar-refractivity contribution is 7.78. The summed E-state index contributed by atoms with van der Waals surface area (Å²) in [6, 6.07) is 0. The van der Waals surface area contributed by atoms with Crippen LogP contribution in [0.4, 0.5) is 0 Å². The van der Waals surface area contributed by atoms with E-state index in [1.165, 1.54) is 37.3 Å². The first kappa shape index (κ1) is 22.0. The quantitative estimate of drug-likeness (QED) is 0.171. The van der Waals surface area contributed by atoms with Crippen LogP contribution in [-0.2, 0) is 11.8 Å². The molecule has 0 saturated heterocycles. The summed E-state index contributed by atoms with van der Waals surface area (Å²) in [5.74, 6) is 2.80. The third kappa shape index (κ3) is 21.6. The molecule has 0 rings (SSSR count). The second kappa shape index (κ2) is 13.8. The summed E-state index contributed by atoms with van der Waals surface area (Å²) in [6.45, 7) is 10.4. The SMILES string of the molecule is CCC[SH+]CCCC[NH2+]C(C)(C)C.[I-].[I-]. The molecule has 0 aliphatic heterocycles. The van der Waals surface area contributed by atoms with Gasteiger partial charge in [0.15, 0.2) is 0 Å². The number of thiol groups is 1. The Morgan fingerprint density at radius 3 is 2.07 bits per heavy atom. The molecule has 15 heavy (non-hydrogen) atoms. The predicted octanol–water partition coefficient (Wildman–Crippen LogP) is -4.64. The Hall–Kier alpha value is 1.77. The van der Waals surface area contributed by atoms with Gasteiger partial charge in [0.05, 0.1) is 12.1 Å². The molecule has 0 bridgehead atoms. The van der Waals surface area contributed by atoms with Gasteiger partial charge in [-0.05, 0) is 45.4 Å². The van der Waals surface area contributed by atoms with Crippen LogP contribution in [0.3, 0.4) is 0 Å². The van der Waals surface area contributed by atoms with Crippen LogP contribution in [0.15, 0.2) is 0 Å². The van der Waals surface area contributed by atoms with E-state index in [-0.39, 0.29) is 48.0 Å². The van der Waals surface area contributed by atoms with E-state index >= 15 is 0 Å². The van der Waals surface area contributed by atoms with E-state index in [0.717, 1.165) is 0 Å². The molecule has 0 aromatic heterocycles. The highest BCUT2D eigenvalue weighted by atomic mass is 127. The Labute approximate surface area is 134 Å². The van der Waals surface area contributed by atoms with Gasteiger partial charge in [-0.3, -0.25) is 0 Å². The van der Waals surface area contributed by atoms with E-state index < -0.39 is 0 Å². The van der Waals surface area contributed by atoms with Crippen LogP contribution in [0.25, 0.3) is 0 Å². The molecule has 0 fully saturated rings. The number of hydrogen-bond donors (Lipinski definition) is 1. The zero-order valence-electron chi connectivity index (χ0n) is 10.5. The van der Waals surface area contributed by atoms with Crippen molar-refractivity contribution in [3.8, 4) is 0 Å². The number of rotatable bonds is 7. The lowest BCUT2D eigenvalue weighted by molar-refractivity contribution is -0.717. The molecule has 0 spiro atoms. The van der Waals surface area contributed by atoms with E-state index in [9.17, 15) is 0 Å². The summed E-state index contributed by atoms with van der Waals surface area (Å²) in [7, 11) is 0. The lowest BCUT2D eigenvalue weighted by Gasteiger charge is -2.16. The summed E-state index contributed by atoms with van der Waals surface area (Å²) in [6.07, 6.45) is 4.14. The maximum atomic E-state index is 2.45. The Morgan fingerprint density at radius 1 is 1.00 bits per heavy atom. The van der Waals surface area contributed by atoms with Crippen molar-refractivity contribution >= 4 is 11.8 Å². The molecule has 2 N–H and O–H groups in total. The highest BCUT2D eigenvalue weighted by Gasteiger charge is 2.11. The van der Waals surface area contributed by atoms with Crippen LogP contribution in [0, 0.1) is 0 Å². The lowest BCUT2D eigenvalue weighted by atomic mass is 10.1. The summed E-state index contributed by atoms with van der Waals surface area (Å²) in [5, 5.41) is 2.45. The minimum absolute atomic E-state index is 0. The van der Waals surface area contributed by atoms with E-state index in [2.05, 4.69) is 33.0 Å². The first-order valence-corrected chi connectivity index (χ1v) is 6.80. The van der Waals surface area contributed by atoms with Gasteiger partial charge < -0.3 is 53.3 Å². The van der Waals surface area contributed by atoms with Crippen molar-refractivity contribution in [2.75, 3.05) is 18.1 Å². The largest absolute Gasteiger partial charge is 1.00 e. The zero-order chi connectivity index (χ0) is 10.2. The Morgan fingerprint density at radius 2 is 1.60 bits per heavy atom. The molecule has 0 atom stereocenters. The molecule has 0 aliphatic carbocycles. The topological polar surface area (TPSA) is 16.6 Å². The van der Waals surface area contributed by atoms with Crippen LogP contribution in [0.1, 0.15) is 47.0 Å². The fraction of sp³-hybridized carbons (Fsp3) is 1.00. The minimum atomic E-state index is 0. The van der Waals surface area contributed by atoms with Crippen molar-refractivity contribution in [1.82, 2.24) is 0 Å². The van der Waals surface area contributed by atoms with E-state index in [1.807, 2.05) is 0 Å². The molecular weight excluding hydrogens is 432 g/mol. The van der Waals surface area contributed by atoms with Crippen LogP contribution in [0.2, 0.25) is 0 Å². The Kier molecular flexibility index (Phi) is 20.3. The third-order valence-electron chi connectivity index (χ3n) is 1.91. The van der Waals surface area contributed by atoms with Gasteiger partial charge in [0.25, 0.3) is 0 Å². The number of hydrogen-bond acceptors (Lipinski definition) is 0. The van der Waals surface area contributed by atoms with Crippen LogP contribution >= 0.6 is 0 Å². The van der Waals surface area contributed by atoms with Crippen LogP contribution < -0.4 is 53.3 Å². The molecular formula is C11H27I2NS. The first-order valence-electron chi connectivity index (χ1n) is 5.54. The molecule has 96 valence electrons. The summed E-state index contributed by atoms with van der Waals surface area (Å²) in [5.41, 5.74) is 0.418. The maximum absolute atomic E-state index is 2.45. The van der Waals surface area contributed by atoms with Crippen molar-refractivity contribution in [2.45, 2.75) is 52.5 Å². The molecule has 0 aromatic rings. The van der Waals surface area contributed by atoms with Gasteiger partial charge in [0.2, 0.25) is 0 Å². The van der Waals surface area contributed by atoms with Crippen LogP contribution in [0.5, 0.6) is 0 Å². The fourth-order valence-corrected chi connectivity index (χ4v) is 2.16. The fourth-order valence-electron chi connectivity index (χ4n) is 1.17. The average Bonchev–Trinajstić information content (AvgIpc) is 2.01. The monoisotopic (exact) mass is 459 g/mol. The first-order chi connectivity index (χ1) is 6.06. The average molecular weight is 459 g/mol. The minimum Gasteiger partial charge on any atom is -1.00 e. The number of quaternary nitrogens is 1. The standard InChI is InChI=1S/C11H25NS.2HI/c1-5-9-13-10-7-6-8-12-11(2,3)4;;/h12H,5-10H2,1-4H3;2*1H. The Balaban J connectivity index is -0.000000720. The van der Waals surface area contributed by atoms with Crippen molar-refractivity contribution in [3.63, 3.8) is 0 Å². The maximum Gasteiger partial charge on any atom is 0.106 e. The van der Waals surface area contributed by atoms with Crippen molar-refractivity contribution < 1.29 is 53.3 Å². The van der Waals surface area contributed by atoms with Gasteiger partial charge in [0, 0.05) is 6.42 Å². The molecule has 0 unspecified atom stereocenters. The molecule has 0 amide bonds. The molecule has 0 heterocycles. The second-order valence-electron chi connectivity index (χ2n) is 4.74. The van der Waals surface area contributed by atoms with Gasteiger partial charge in [-0.2, -0.15) is 0 Å². The predicted molar refractivity (Wildman–Crippen MR) is 64.6 cm³/mol. The summed E-state index contributed by atoms with van der Waals surface area (Å²) in [4.78, 5) is 0. The number of unbranched alkanes of at least 4 members (excludes halogenated alkanes) is 1. The normalized spacial score (nSPS) is 10.4. The van der Waals surface area contributed by atoms with E-state index in [4.69, 9.17) is 0 Å². The molecule has 4 heteroatoms. The van der Waals surface area contributed by atoms with Gasteiger partial charge >= 0.3 is 0 Å². The highest BCUT2D eigenvalue weighted by Crippen LogP contribution is 1.92. The van der Waals surface area contributed by atoms with Crippen molar-refractivity contribution in [2.24, 2.45) is 0 Å². The molecule has 1 nitrogen and oxygen atoms in total. The van der Waals surface area contributed by atoms with Crippen molar-refractivity contribution in [1.29, 1.82) is 0 Å². The van der Waals surface area contributed by atoms with E-state index in [1.54, 1.807) is 11.8 Å². The number of halogens is 2. The van der Waals surface area contributed by atoms with Gasteiger partial charge in [-0.15, -0.1) is 0 Å². The molecule has 0 radical (unpaired) electrons. The van der Waals surface area contributed by atoms with Gasteiger partial charge in [-0.1, -0.05) is 6.92 Å². The third-order valence-corrected chi connectivity index (χ3v) is 3.30. The second-order valence-corrected chi connectivity index (χ2v) is 6.08. The molecule has 0 aliphatic rings. The van der Waals surface area contributed by atoms with Gasteiger partial charge in [-0.25, -0.2) is 0 Å².